The van der Waals surface area contributed by atoms with Crippen molar-refractivity contribution < 1.29 is 13.9 Å². The number of nitrogens with zero attached hydrogens (tertiary/aromatic N) is 3. The summed E-state index contributed by atoms with van der Waals surface area (Å²) in [6, 6.07) is 18.4. The summed E-state index contributed by atoms with van der Waals surface area (Å²) in [7, 11) is 0. The van der Waals surface area contributed by atoms with Crippen LogP contribution < -0.4 is 9.64 Å². The molecule has 0 aliphatic carbocycles. The summed E-state index contributed by atoms with van der Waals surface area (Å²) in [5.41, 5.74) is 4.54. The number of aromatic nitrogens is 1. The number of hydrogen-bond acceptors (Lipinski definition) is 5. The van der Waals surface area contributed by atoms with Crippen molar-refractivity contribution in [3.8, 4) is 34.3 Å². The van der Waals surface area contributed by atoms with E-state index in [1.807, 2.05) is 25.1 Å². The molecule has 1 aliphatic rings. The average Bonchev–Trinajstić information content (AvgIpc) is 2.80. The molecule has 30 heavy (non-hydrogen) atoms. The SMILES string of the molecule is CCOc1nc(-c2ccc(F)cc2)cc(-c2ccc(N3CCOCC3)cc2)c1C#N. The van der Waals surface area contributed by atoms with Gasteiger partial charge < -0.3 is 14.4 Å². The van der Waals surface area contributed by atoms with Gasteiger partial charge in [0.25, 0.3) is 0 Å². The summed E-state index contributed by atoms with van der Waals surface area (Å²) in [5.74, 6) is -0.0227. The van der Waals surface area contributed by atoms with Gasteiger partial charge in [0, 0.05) is 29.9 Å². The largest absolute Gasteiger partial charge is 0.477 e. The fourth-order valence-electron chi connectivity index (χ4n) is 3.54. The predicted molar refractivity (Wildman–Crippen MR) is 114 cm³/mol. The Kier molecular flexibility index (Phi) is 5.92. The number of ether oxygens (including phenoxy) is 2. The number of halogens is 1. The summed E-state index contributed by atoms with van der Waals surface area (Å²) >= 11 is 0. The highest BCUT2D eigenvalue weighted by Gasteiger charge is 2.17. The Balaban J connectivity index is 1.77. The zero-order valence-electron chi connectivity index (χ0n) is 16.8. The molecule has 3 aromatic rings. The van der Waals surface area contributed by atoms with Crippen molar-refractivity contribution in [1.82, 2.24) is 4.98 Å². The molecular formula is C24H22FN3O2. The Morgan fingerprint density at radius 2 is 1.73 bits per heavy atom. The molecule has 0 saturated carbocycles. The molecule has 0 radical (unpaired) electrons. The van der Waals surface area contributed by atoms with Crippen molar-refractivity contribution in [1.29, 1.82) is 5.26 Å². The zero-order valence-corrected chi connectivity index (χ0v) is 16.8. The second kappa shape index (κ2) is 8.93. The zero-order chi connectivity index (χ0) is 20.9. The van der Waals surface area contributed by atoms with E-state index in [0.29, 0.717) is 17.9 Å². The van der Waals surface area contributed by atoms with Crippen molar-refractivity contribution in [2.24, 2.45) is 0 Å². The maximum atomic E-state index is 13.4. The first-order valence-electron chi connectivity index (χ1n) is 9.96. The monoisotopic (exact) mass is 403 g/mol. The van der Waals surface area contributed by atoms with Gasteiger partial charge >= 0.3 is 0 Å². The van der Waals surface area contributed by atoms with Crippen LogP contribution >= 0.6 is 0 Å². The second-order valence-corrected chi connectivity index (χ2v) is 6.93. The van der Waals surface area contributed by atoms with Crippen LogP contribution in [0.5, 0.6) is 5.88 Å². The smallest absolute Gasteiger partial charge is 0.232 e. The molecule has 1 aromatic heterocycles. The Labute approximate surface area is 175 Å². The van der Waals surface area contributed by atoms with Crippen LogP contribution in [0.1, 0.15) is 12.5 Å². The normalized spacial score (nSPS) is 13.7. The lowest BCUT2D eigenvalue weighted by Gasteiger charge is -2.29. The first-order valence-corrected chi connectivity index (χ1v) is 9.96. The summed E-state index contributed by atoms with van der Waals surface area (Å²) in [5, 5.41) is 9.80. The van der Waals surface area contributed by atoms with Gasteiger partial charge in [-0.05, 0) is 55.0 Å². The average molecular weight is 403 g/mol. The van der Waals surface area contributed by atoms with Crippen molar-refractivity contribution in [2.75, 3.05) is 37.8 Å². The van der Waals surface area contributed by atoms with E-state index >= 15 is 0 Å². The van der Waals surface area contributed by atoms with Crippen molar-refractivity contribution in [3.05, 3.63) is 66.0 Å². The van der Waals surface area contributed by atoms with Gasteiger partial charge in [-0.2, -0.15) is 5.26 Å². The Morgan fingerprint density at radius 1 is 1.07 bits per heavy atom. The topological polar surface area (TPSA) is 58.4 Å². The van der Waals surface area contributed by atoms with Crippen LogP contribution in [0.15, 0.2) is 54.6 Å². The van der Waals surface area contributed by atoms with Crippen LogP contribution in [0.2, 0.25) is 0 Å². The first kappa shape index (κ1) is 19.9. The van der Waals surface area contributed by atoms with E-state index in [0.717, 1.165) is 48.7 Å². The highest BCUT2D eigenvalue weighted by molar-refractivity contribution is 5.78. The highest BCUT2D eigenvalue weighted by Crippen LogP contribution is 2.34. The lowest BCUT2D eigenvalue weighted by atomic mass is 9.98. The van der Waals surface area contributed by atoms with Gasteiger partial charge in [-0.1, -0.05) is 12.1 Å². The number of hydrogen-bond donors (Lipinski definition) is 0. The molecule has 5 nitrogen and oxygen atoms in total. The second-order valence-electron chi connectivity index (χ2n) is 6.93. The van der Waals surface area contributed by atoms with E-state index in [4.69, 9.17) is 9.47 Å². The van der Waals surface area contributed by atoms with Gasteiger partial charge in [0.05, 0.1) is 25.5 Å². The van der Waals surface area contributed by atoms with E-state index in [-0.39, 0.29) is 11.7 Å². The van der Waals surface area contributed by atoms with Gasteiger partial charge in [0.15, 0.2) is 0 Å². The Morgan fingerprint density at radius 3 is 2.37 bits per heavy atom. The van der Waals surface area contributed by atoms with E-state index < -0.39 is 0 Å². The molecule has 2 aromatic carbocycles. The van der Waals surface area contributed by atoms with E-state index in [9.17, 15) is 9.65 Å². The lowest BCUT2D eigenvalue weighted by Crippen LogP contribution is -2.36. The van der Waals surface area contributed by atoms with Gasteiger partial charge in [-0.3, -0.25) is 0 Å². The van der Waals surface area contributed by atoms with Gasteiger partial charge in [-0.15, -0.1) is 0 Å². The summed E-state index contributed by atoms with van der Waals surface area (Å²) in [4.78, 5) is 6.80. The molecule has 1 fully saturated rings. The number of morpholine rings is 1. The molecule has 0 spiro atoms. The summed E-state index contributed by atoms with van der Waals surface area (Å²) in [6.07, 6.45) is 0. The third-order valence-corrected chi connectivity index (χ3v) is 5.07. The quantitative estimate of drug-likeness (QED) is 0.620. The van der Waals surface area contributed by atoms with Crippen LogP contribution in [0.3, 0.4) is 0 Å². The fourth-order valence-corrected chi connectivity index (χ4v) is 3.54. The van der Waals surface area contributed by atoms with Crippen LogP contribution in [0.25, 0.3) is 22.4 Å². The van der Waals surface area contributed by atoms with Gasteiger partial charge in [0.2, 0.25) is 5.88 Å². The minimum Gasteiger partial charge on any atom is -0.477 e. The minimum atomic E-state index is -0.309. The number of rotatable bonds is 5. The molecule has 152 valence electrons. The van der Waals surface area contributed by atoms with E-state index in [2.05, 4.69) is 28.1 Å². The molecule has 6 heteroatoms. The molecule has 0 N–H and O–H groups in total. The maximum absolute atomic E-state index is 13.4. The highest BCUT2D eigenvalue weighted by atomic mass is 19.1. The fraction of sp³-hybridized carbons (Fsp3) is 0.250. The molecule has 0 atom stereocenters. The Hall–Kier alpha value is -3.43. The van der Waals surface area contributed by atoms with Crippen molar-refractivity contribution >= 4 is 5.69 Å². The number of benzene rings is 2. The first-order chi connectivity index (χ1) is 14.7. The van der Waals surface area contributed by atoms with Crippen LogP contribution in [-0.2, 0) is 4.74 Å². The molecule has 0 amide bonds. The lowest BCUT2D eigenvalue weighted by molar-refractivity contribution is 0.122. The van der Waals surface area contributed by atoms with E-state index in [1.165, 1.54) is 12.1 Å². The van der Waals surface area contributed by atoms with Gasteiger partial charge in [-0.25, -0.2) is 9.37 Å². The van der Waals surface area contributed by atoms with Crippen molar-refractivity contribution in [2.45, 2.75) is 6.92 Å². The molecule has 1 aliphatic heterocycles. The summed E-state index contributed by atoms with van der Waals surface area (Å²) in [6.45, 7) is 5.42. The molecule has 4 rings (SSSR count). The minimum absolute atomic E-state index is 0.286. The summed E-state index contributed by atoms with van der Waals surface area (Å²) < 4.78 is 24.4. The third-order valence-electron chi connectivity index (χ3n) is 5.07. The molecule has 0 bridgehead atoms. The molecule has 2 heterocycles. The number of pyridine rings is 1. The number of anilines is 1. The van der Waals surface area contributed by atoms with E-state index in [1.54, 1.807) is 12.1 Å². The molecule has 1 saturated heterocycles. The maximum Gasteiger partial charge on any atom is 0.232 e. The van der Waals surface area contributed by atoms with Crippen LogP contribution in [0, 0.1) is 17.1 Å². The van der Waals surface area contributed by atoms with Crippen LogP contribution in [0.4, 0.5) is 10.1 Å². The Bertz CT molecular complexity index is 1050. The van der Waals surface area contributed by atoms with Crippen molar-refractivity contribution in [3.63, 3.8) is 0 Å². The van der Waals surface area contributed by atoms with Crippen LogP contribution in [-0.4, -0.2) is 37.9 Å². The number of nitriles is 1. The molecular weight excluding hydrogens is 381 g/mol. The third kappa shape index (κ3) is 4.12. The molecule has 0 unspecified atom stereocenters. The standard InChI is InChI=1S/C24H22FN3O2/c1-2-30-24-22(16-26)21(15-23(27-24)18-3-7-19(25)8-4-18)17-5-9-20(10-6-17)28-11-13-29-14-12-28/h3-10,15H,2,11-14H2,1H3. The predicted octanol–water partition coefficient (Wildman–Crippen LogP) is 4.66. The van der Waals surface area contributed by atoms with Gasteiger partial charge in [0.1, 0.15) is 17.4 Å².